The Labute approximate surface area is 150 Å². The largest absolute Gasteiger partial charge is 0.444 e. The Morgan fingerprint density at radius 3 is 2.38 bits per heavy atom. The van der Waals surface area contributed by atoms with Crippen LogP contribution in [0.25, 0.3) is 0 Å². The highest BCUT2D eigenvalue weighted by Gasteiger charge is 2.37. The molecule has 0 radical (unpaired) electrons. The minimum atomic E-state index is -0.585. The van der Waals surface area contributed by atoms with Crippen LogP contribution in [0.15, 0.2) is 59.1 Å². The van der Waals surface area contributed by atoms with Crippen molar-refractivity contribution < 1.29 is 9.53 Å². The number of piperidine rings is 1. The van der Waals surface area contributed by atoms with Gasteiger partial charge in [-0.25, -0.2) is 4.79 Å². The summed E-state index contributed by atoms with van der Waals surface area (Å²) in [4.78, 5) is 12.3. The summed E-state index contributed by atoms with van der Waals surface area (Å²) < 4.78 is 6.83. The zero-order valence-corrected chi connectivity index (χ0v) is 14.8. The van der Waals surface area contributed by atoms with Crippen LogP contribution in [-0.2, 0) is 15.1 Å². The predicted molar refractivity (Wildman–Crippen MR) is 97.3 cm³/mol. The van der Waals surface area contributed by atoms with E-state index in [1.165, 1.54) is 0 Å². The van der Waals surface area contributed by atoms with Crippen molar-refractivity contribution in [1.29, 1.82) is 0 Å². The fourth-order valence-electron chi connectivity index (χ4n) is 2.88. The van der Waals surface area contributed by atoms with Crippen LogP contribution >= 0.6 is 15.9 Å². The number of hydrogen-bond donors (Lipinski definition) is 1. The Bertz CT molecular complexity index is 754. The second-order valence-corrected chi connectivity index (χ2v) is 6.67. The molecule has 3 rings (SSSR count). The average Bonchev–Trinajstić information content (AvgIpc) is 2.63. The molecule has 0 atom stereocenters. The zero-order valence-electron chi connectivity index (χ0n) is 13.2. The second kappa shape index (κ2) is 7.65. The van der Waals surface area contributed by atoms with E-state index >= 15 is 0 Å². The molecule has 3 nitrogen and oxygen atoms in total. The number of carbonyl (C=O) groups is 1. The molecule has 1 fully saturated rings. The van der Waals surface area contributed by atoms with E-state index in [0.717, 1.165) is 41.5 Å². The van der Waals surface area contributed by atoms with E-state index in [-0.39, 0.29) is 0 Å². The van der Waals surface area contributed by atoms with Crippen molar-refractivity contribution in [3.05, 3.63) is 70.2 Å². The van der Waals surface area contributed by atoms with Gasteiger partial charge in [-0.2, -0.15) is 0 Å². The monoisotopic (exact) mass is 383 g/mol. The van der Waals surface area contributed by atoms with Gasteiger partial charge in [0.15, 0.2) is 0 Å². The second-order valence-electron chi connectivity index (χ2n) is 5.76. The molecule has 1 aliphatic rings. The van der Waals surface area contributed by atoms with Crippen LogP contribution in [0.2, 0.25) is 0 Å². The normalized spacial score (nSPS) is 15.9. The summed E-state index contributed by atoms with van der Waals surface area (Å²) in [5, 5.41) is 3.31. The molecule has 4 heteroatoms. The molecule has 1 N–H and O–H groups in total. The summed E-state index contributed by atoms with van der Waals surface area (Å²) in [6.45, 7) is 1.64. The Morgan fingerprint density at radius 2 is 1.71 bits per heavy atom. The SMILES string of the molecule is O=C(C#Cc1ccc(Br)cc1)OC1(c2ccccc2)CCNCC1. The summed E-state index contributed by atoms with van der Waals surface area (Å²) >= 11 is 3.38. The topological polar surface area (TPSA) is 38.3 Å². The first-order valence-electron chi connectivity index (χ1n) is 7.95. The molecular weight excluding hydrogens is 366 g/mol. The van der Waals surface area contributed by atoms with Gasteiger partial charge in [0, 0.05) is 28.8 Å². The molecule has 2 aromatic carbocycles. The molecule has 0 amide bonds. The van der Waals surface area contributed by atoms with Gasteiger partial charge in [-0.05, 0) is 42.9 Å². The maximum absolute atomic E-state index is 12.3. The Balaban J connectivity index is 1.78. The van der Waals surface area contributed by atoms with Crippen LogP contribution in [0.1, 0.15) is 24.0 Å². The van der Waals surface area contributed by atoms with E-state index in [2.05, 4.69) is 33.1 Å². The lowest BCUT2D eigenvalue weighted by Crippen LogP contribution is -2.43. The van der Waals surface area contributed by atoms with Crippen LogP contribution < -0.4 is 5.32 Å². The third kappa shape index (κ3) is 4.05. The lowest BCUT2D eigenvalue weighted by molar-refractivity contribution is -0.156. The molecule has 0 bridgehead atoms. The van der Waals surface area contributed by atoms with E-state index in [4.69, 9.17) is 4.74 Å². The Hall–Kier alpha value is -2.09. The van der Waals surface area contributed by atoms with Gasteiger partial charge in [0.1, 0.15) is 5.60 Å². The van der Waals surface area contributed by atoms with Crippen molar-refractivity contribution >= 4 is 21.9 Å². The smallest absolute Gasteiger partial charge is 0.385 e. The maximum Gasteiger partial charge on any atom is 0.385 e. The number of rotatable bonds is 2. The summed E-state index contributed by atoms with van der Waals surface area (Å²) in [5.41, 5.74) is 1.23. The predicted octanol–water partition coefficient (Wildman–Crippen LogP) is 3.62. The third-order valence-corrected chi connectivity index (χ3v) is 4.68. The molecule has 0 saturated carbocycles. The maximum atomic E-state index is 12.3. The Kier molecular flexibility index (Phi) is 5.34. The quantitative estimate of drug-likeness (QED) is 0.635. The van der Waals surface area contributed by atoms with Gasteiger partial charge >= 0.3 is 5.97 Å². The van der Waals surface area contributed by atoms with Gasteiger partial charge in [-0.3, -0.25) is 0 Å². The van der Waals surface area contributed by atoms with Crippen molar-refractivity contribution in [2.24, 2.45) is 0 Å². The number of benzene rings is 2. The van der Waals surface area contributed by atoms with Gasteiger partial charge in [0.05, 0.1) is 0 Å². The molecule has 0 aromatic heterocycles. The van der Waals surface area contributed by atoms with Gasteiger partial charge < -0.3 is 10.1 Å². The highest BCUT2D eigenvalue weighted by molar-refractivity contribution is 9.10. The van der Waals surface area contributed by atoms with Crippen molar-refractivity contribution in [3.8, 4) is 11.8 Å². The van der Waals surface area contributed by atoms with E-state index in [1.807, 2.05) is 54.6 Å². The van der Waals surface area contributed by atoms with E-state index < -0.39 is 11.6 Å². The van der Waals surface area contributed by atoms with Crippen LogP contribution in [0.5, 0.6) is 0 Å². The number of carbonyl (C=O) groups excluding carboxylic acids is 1. The lowest BCUT2D eigenvalue weighted by Gasteiger charge is -2.36. The van der Waals surface area contributed by atoms with Gasteiger partial charge in [0.25, 0.3) is 0 Å². The Morgan fingerprint density at radius 1 is 1.04 bits per heavy atom. The molecule has 24 heavy (non-hydrogen) atoms. The van der Waals surface area contributed by atoms with Crippen molar-refractivity contribution in [2.45, 2.75) is 18.4 Å². The molecule has 1 heterocycles. The molecule has 122 valence electrons. The highest BCUT2D eigenvalue weighted by Crippen LogP contribution is 2.34. The molecule has 0 unspecified atom stereocenters. The summed E-state index contributed by atoms with van der Waals surface area (Å²) in [7, 11) is 0. The molecule has 0 spiro atoms. The van der Waals surface area contributed by atoms with E-state index in [0.29, 0.717) is 0 Å². The fourth-order valence-corrected chi connectivity index (χ4v) is 3.15. The van der Waals surface area contributed by atoms with Crippen molar-refractivity contribution in [3.63, 3.8) is 0 Å². The van der Waals surface area contributed by atoms with Crippen molar-refractivity contribution in [1.82, 2.24) is 5.32 Å². The molecule has 0 aliphatic carbocycles. The first-order valence-corrected chi connectivity index (χ1v) is 8.74. The highest BCUT2D eigenvalue weighted by atomic mass is 79.9. The molecular formula is C20H18BrNO2. The van der Waals surface area contributed by atoms with Crippen LogP contribution in [-0.4, -0.2) is 19.1 Å². The standard InChI is InChI=1S/C20H18BrNO2/c21-18-9-6-16(7-10-18)8-11-19(23)24-20(12-14-22-15-13-20)17-4-2-1-3-5-17/h1-7,9-10,22H,12-15H2. The average molecular weight is 384 g/mol. The zero-order chi connectivity index (χ0) is 16.8. The number of esters is 1. The summed E-state index contributed by atoms with van der Waals surface area (Å²) in [6.07, 6.45) is 1.51. The first-order chi connectivity index (χ1) is 11.7. The number of ether oxygens (including phenoxy) is 1. The van der Waals surface area contributed by atoms with E-state index in [1.54, 1.807) is 0 Å². The molecule has 1 aliphatic heterocycles. The van der Waals surface area contributed by atoms with Crippen LogP contribution in [0.4, 0.5) is 0 Å². The minimum Gasteiger partial charge on any atom is -0.444 e. The first kappa shape index (κ1) is 16.8. The fraction of sp³-hybridized carbons (Fsp3) is 0.250. The summed E-state index contributed by atoms with van der Waals surface area (Å²) in [6, 6.07) is 17.5. The molecule has 2 aromatic rings. The van der Waals surface area contributed by atoms with Crippen LogP contribution in [0, 0.1) is 11.8 Å². The molecule has 1 saturated heterocycles. The van der Waals surface area contributed by atoms with Gasteiger partial charge in [-0.15, -0.1) is 0 Å². The number of nitrogens with one attached hydrogen (secondary N) is 1. The number of halogens is 1. The lowest BCUT2D eigenvalue weighted by atomic mass is 9.85. The third-order valence-electron chi connectivity index (χ3n) is 4.15. The van der Waals surface area contributed by atoms with Gasteiger partial charge in [-0.1, -0.05) is 52.2 Å². The van der Waals surface area contributed by atoms with Crippen molar-refractivity contribution in [2.75, 3.05) is 13.1 Å². The minimum absolute atomic E-state index is 0.483. The number of hydrogen-bond acceptors (Lipinski definition) is 3. The van der Waals surface area contributed by atoms with E-state index in [9.17, 15) is 4.79 Å². The van der Waals surface area contributed by atoms with Crippen LogP contribution in [0.3, 0.4) is 0 Å². The summed E-state index contributed by atoms with van der Waals surface area (Å²) in [5.74, 6) is 5.00. The van der Waals surface area contributed by atoms with Gasteiger partial charge in [0.2, 0.25) is 0 Å².